The van der Waals surface area contributed by atoms with E-state index in [1.54, 1.807) is 13.2 Å². The lowest BCUT2D eigenvalue weighted by atomic mass is 10.1. The minimum atomic E-state index is -0.345. The number of ether oxygens (including phenoxy) is 1. The molecule has 0 aromatic heterocycles. The topological polar surface area (TPSA) is 38.5 Å². The van der Waals surface area contributed by atoms with E-state index in [1.165, 1.54) is 6.07 Å². The van der Waals surface area contributed by atoms with E-state index in [0.29, 0.717) is 6.54 Å². The highest BCUT2D eigenvalue weighted by molar-refractivity contribution is 5.47. The maximum Gasteiger partial charge on any atom is 0.146 e. The summed E-state index contributed by atoms with van der Waals surface area (Å²) in [4.78, 5) is 2.10. The number of hydrogen-bond donors (Lipinski definition) is 1. The molecule has 0 aliphatic rings. The van der Waals surface area contributed by atoms with Gasteiger partial charge >= 0.3 is 0 Å². The predicted molar refractivity (Wildman–Crippen MR) is 63.6 cm³/mol. The summed E-state index contributed by atoms with van der Waals surface area (Å²) in [5.74, 6) is -0.345. The van der Waals surface area contributed by atoms with E-state index >= 15 is 0 Å². The third kappa shape index (κ3) is 3.79. The van der Waals surface area contributed by atoms with Crippen molar-refractivity contribution in [1.29, 1.82) is 0 Å². The molecule has 1 aromatic rings. The minimum absolute atomic E-state index is 0.251. The SMILES string of the molecule is COCCCN(C)Cc1cccc(F)c1N. The van der Waals surface area contributed by atoms with Crippen molar-refractivity contribution in [2.75, 3.05) is 33.0 Å². The molecule has 0 atom stereocenters. The Morgan fingerprint density at radius 1 is 1.44 bits per heavy atom. The Morgan fingerprint density at radius 2 is 2.19 bits per heavy atom. The molecule has 0 fully saturated rings. The van der Waals surface area contributed by atoms with E-state index < -0.39 is 0 Å². The van der Waals surface area contributed by atoms with Crippen molar-refractivity contribution in [3.63, 3.8) is 0 Å². The lowest BCUT2D eigenvalue weighted by molar-refractivity contribution is 0.178. The molecule has 0 aliphatic carbocycles. The first-order valence-electron chi connectivity index (χ1n) is 5.35. The maximum atomic E-state index is 13.2. The van der Waals surface area contributed by atoms with E-state index in [1.807, 2.05) is 13.1 Å². The standard InChI is InChI=1S/C12H19FN2O/c1-15(7-4-8-16-2)9-10-5-3-6-11(13)12(10)14/h3,5-6H,4,7-9,14H2,1-2H3. The van der Waals surface area contributed by atoms with E-state index in [9.17, 15) is 4.39 Å². The fourth-order valence-electron chi connectivity index (χ4n) is 1.57. The van der Waals surface area contributed by atoms with Crippen LogP contribution in [0.4, 0.5) is 10.1 Å². The number of hydrogen-bond acceptors (Lipinski definition) is 3. The van der Waals surface area contributed by atoms with Gasteiger partial charge in [-0.25, -0.2) is 4.39 Å². The molecule has 1 rings (SSSR count). The second-order valence-corrected chi connectivity index (χ2v) is 3.90. The second-order valence-electron chi connectivity index (χ2n) is 3.90. The molecule has 4 heteroatoms. The van der Waals surface area contributed by atoms with Gasteiger partial charge in [-0.2, -0.15) is 0 Å². The van der Waals surface area contributed by atoms with Crippen molar-refractivity contribution in [2.24, 2.45) is 0 Å². The predicted octanol–water partition coefficient (Wildman–Crippen LogP) is 1.88. The lowest BCUT2D eigenvalue weighted by Crippen LogP contribution is -2.21. The third-order valence-corrected chi connectivity index (χ3v) is 2.47. The molecule has 3 nitrogen and oxygen atoms in total. The Balaban J connectivity index is 2.49. The van der Waals surface area contributed by atoms with Gasteiger partial charge in [0.05, 0.1) is 5.69 Å². The highest BCUT2D eigenvalue weighted by Crippen LogP contribution is 2.17. The zero-order valence-corrected chi connectivity index (χ0v) is 9.87. The van der Waals surface area contributed by atoms with Crippen LogP contribution >= 0.6 is 0 Å². The molecule has 0 heterocycles. The number of nitrogen functional groups attached to an aromatic ring is 1. The fourth-order valence-corrected chi connectivity index (χ4v) is 1.57. The van der Waals surface area contributed by atoms with Gasteiger partial charge in [-0.15, -0.1) is 0 Å². The van der Waals surface area contributed by atoms with Crippen LogP contribution < -0.4 is 5.73 Å². The number of nitrogens with zero attached hydrogens (tertiary/aromatic N) is 1. The van der Waals surface area contributed by atoms with Gasteiger partial charge in [-0.3, -0.25) is 0 Å². The Kier molecular flexibility index (Phi) is 5.22. The zero-order valence-electron chi connectivity index (χ0n) is 9.87. The molecule has 0 spiro atoms. The lowest BCUT2D eigenvalue weighted by Gasteiger charge is -2.17. The van der Waals surface area contributed by atoms with Gasteiger partial charge in [0.1, 0.15) is 5.82 Å². The largest absolute Gasteiger partial charge is 0.396 e. The van der Waals surface area contributed by atoms with Crippen molar-refractivity contribution in [3.8, 4) is 0 Å². The van der Waals surface area contributed by atoms with E-state index in [0.717, 1.165) is 25.1 Å². The van der Waals surface area contributed by atoms with Gasteiger partial charge in [-0.05, 0) is 25.1 Å². The number of nitrogens with two attached hydrogens (primary N) is 1. The van der Waals surface area contributed by atoms with Crippen molar-refractivity contribution in [1.82, 2.24) is 4.90 Å². The molecule has 1 aromatic carbocycles. The minimum Gasteiger partial charge on any atom is -0.396 e. The first kappa shape index (κ1) is 12.9. The molecular formula is C12H19FN2O. The van der Waals surface area contributed by atoms with Crippen LogP contribution in [-0.4, -0.2) is 32.2 Å². The Hall–Kier alpha value is -1.13. The number of halogens is 1. The van der Waals surface area contributed by atoms with Crippen molar-refractivity contribution in [2.45, 2.75) is 13.0 Å². The third-order valence-electron chi connectivity index (χ3n) is 2.47. The molecule has 0 bridgehead atoms. The number of para-hydroxylation sites is 1. The van der Waals surface area contributed by atoms with Crippen LogP contribution in [-0.2, 0) is 11.3 Å². The van der Waals surface area contributed by atoms with Crippen LogP contribution in [0.15, 0.2) is 18.2 Å². The quantitative estimate of drug-likeness (QED) is 0.594. The fraction of sp³-hybridized carbons (Fsp3) is 0.500. The van der Waals surface area contributed by atoms with Crippen LogP contribution in [0.1, 0.15) is 12.0 Å². The molecule has 0 amide bonds. The monoisotopic (exact) mass is 226 g/mol. The summed E-state index contributed by atoms with van der Waals surface area (Å²) < 4.78 is 18.1. The van der Waals surface area contributed by atoms with Gasteiger partial charge < -0.3 is 15.4 Å². The summed E-state index contributed by atoms with van der Waals surface area (Å²) in [6.07, 6.45) is 0.961. The molecule has 0 radical (unpaired) electrons. The Bertz CT molecular complexity index is 331. The van der Waals surface area contributed by atoms with Crippen LogP contribution in [0.2, 0.25) is 0 Å². The summed E-state index contributed by atoms with van der Waals surface area (Å²) in [6.45, 7) is 2.31. The van der Waals surface area contributed by atoms with Crippen LogP contribution in [0.25, 0.3) is 0 Å². The summed E-state index contributed by atoms with van der Waals surface area (Å²) in [7, 11) is 3.67. The second kappa shape index (κ2) is 6.45. The summed E-state index contributed by atoms with van der Waals surface area (Å²) in [6, 6.07) is 4.92. The Labute approximate surface area is 96.0 Å². The summed E-state index contributed by atoms with van der Waals surface area (Å²) >= 11 is 0. The van der Waals surface area contributed by atoms with Crippen molar-refractivity contribution >= 4 is 5.69 Å². The van der Waals surface area contributed by atoms with Gasteiger partial charge in [-0.1, -0.05) is 12.1 Å². The maximum absolute atomic E-state index is 13.2. The summed E-state index contributed by atoms with van der Waals surface area (Å²) in [5.41, 5.74) is 6.74. The van der Waals surface area contributed by atoms with Gasteiger partial charge in [0.15, 0.2) is 0 Å². The molecule has 0 aliphatic heterocycles. The van der Waals surface area contributed by atoms with Crippen LogP contribution in [0.5, 0.6) is 0 Å². The van der Waals surface area contributed by atoms with E-state index in [-0.39, 0.29) is 11.5 Å². The van der Waals surface area contributed by atoms with Crippen molar-refractivity contribution in [3.05, 3.63) is 29.6 Å². The van der Waals surface area contributed by atoms with Gasteiger partial charge in [0.2, 0.25) is 0 Å². The molecular weight excluding hydrogens is 207 g/mol. The molecule has 0 saturated carbocycles. The van der Waals surface area contributed by atoms with Crippen LogP contribution in [0, 0.1) is 5.82 Å². The van der Waals surface area contributed by atoms with Gasteiger partial charge in [0.25, 0.3) is 0 Å². The highest BCUT2D eigenvalue weighted by Gasteiger charge is 2.06. The normalized spacial score (nSPS) is 11.0. The van der Waals surface area contributed by atoms with Crippen molar-refractivity contribution < 1.29 is 9.13 Å². The average Bonchev–Trinajstić information content (AvgIpc) is 2.25. The first-order valence-corrected chi connectivity index (χ1v) is 5.35. The van der Waals surface area contributed by atoms with Gasteiger partial charge in [0, 0.05) is 26.8 Å². The molecule has 90 valence electrons. The Morgan fingerprint density at radius 3 is 2.88 bits per heavy atom. The smallest absolute Gasteiger partial charge is 0.146 e. The number of rotatable bonds is 6. The van der Waals surface area contributed by atoms with E-state index in [2.05, 4.69) is 4.90 Å². The molecule has 2 N–H and O–H groups in total. The first-order chi connectivity index (χ1) is 7.65. The zero-order chi connectivity index (χ0) is 12.0. The number of methoxy groups -OCH3 is 1. The van der Waals surface area contributed by atoms with E-state index in [4.69, 9.17) is 10.5 Å². The molecule has 0 saturated heterocycles. The number of benzene rings is 1. The van der Waals surface area contributed by atoms with Crippen LogP contribution in [0.3, 0.4) is 0 Å². The highest BCUT2D eigenvalue weighted by atomic mass is 19.1. The summed E-state index contributed by atoms with van der Waals surface area (Å²) in [5, 5.41) is 0. The molecule has 0 unspecified atom stereocenters. The number of anilines is 1. The molecule has 16 heavy (non-hydrogen) atoms. The average molecular weight is 226 g/mol.